The topological polar surface area (TPSA) is 13.0 Å². The molecule has 0 N–H and O–H groups in total. The van der Waals surface area contributed by atoms with E-state index in [4.69, 9.17) is 0 Å². The number of hydrogen-bond acceptors (Lipinski definition) is 4. The average molecular weight is 924 g/mol. The molecule has 60 heavy (non-hydrogen) atoms. The molecule has 0 fully saturated rings. The van der Waals surface area contributed by atoms with E-state index < -0.39 is 0 Å². The Bertz CT molecular complexity index is 1670. The second kappa shape index (κ2) is 22.2. The van der Waals surface area contributed by atoms with Crippen LogP contribution in [0.4, 0.5) is 22.7 Å². The molecule has 8 heteroatoms. The van der Waals surface area contributed by atoms with Crippen molar-refractivity contribution in [1.82, 2.24) is 0 Å². The molecule has 4 nitrogen and oxygen atoms in total. The maximum absolute atomic E-state index is 2.33. The van der Waals surface area contributed by atoms with E-state index in [-0.39, 0.29) is 35.2 Å². The Hall–Kier alpha value is -3.22. The first-order valence-corrected chi connectivity index (χ1v) is 22.1. The van der Waals surface area contributed by atoms with E-state index in [1.807, 2.05) is 0 Å². The molecule has 0 saturated carbocycles. The number of rotatable bonds is 12. The Morgan fingerprint density at radius 1 is 0.267 bits per heavy atom. The molecular formula is C52H76B2Ge2N4. The third-order valence-electron chi connectivity index (χ3n) is 11.7. The Kier molecular flexibility index (Phi) is 18.9. The van der Waals surface area contributed by atoms with Gasteiger partial charge < -0.3 is 19.2 Å². The Morgan fingerprint density at radius 2 is 0.400 bits per heavy atom. The van der Waals surface area contributed by atoms with Gasteiger partial charge in [0.1, 0.15) is 0 Å². The molecule has 0 saturated heterocycles. The van der Waals surface area contributed by atoms with Crippen molar-refractivity contribution in [2.45, 2.75) is 158 Å². The summed E-state index contributed by atoms with van der Waals surface area (Å²) in [5.41, 5.74) is 16.6. The first-order chi connectivity index (χ1) is 27.4. The molecular weight excluding hydrogens is 847 g/mol. The van der Waals surface area contributed by atoms with Crippen molar-refractivity contribution in [2.75, 3.05) is 19.2 Å². The zero-order chi connectivity index (χ0) is 42.6. The Labute approximate surface area is 390 Å². The van der Waals surface area contributed by atoms with Gasteiger partial charge in [-0.2, -0.15) is 0 Å². The molecule has 6 rings (SSSR count). The maximum atomic E-state index is 2.33. The SMILES string of the molecule is CC(C)c1cccc(C(C)C)c1N1[B]N(c2c(C(C)C)cccc2C(C)C)C=C1.CC(C)c1cccc(C(C)C)c1N1[B]N(c2c(C(C)C)cccc2C(C)C)C=C1.[GeH2].[GeH2]. The van der Waals surface area contributed by atoms with Gasteiger partial charge in [0.25, 0.3) is 0 Å². The van der Waals surface area contributed by atoms with Crippen molar-refractivity contribution in [3.63, 3.8) is 0 Å². The summed E-state index contributed by atoms with van der Waals surface area (Å²) in [5.74, 6) is 3.84. The van der Waals surface area contributed by atoms with Gasteiger partial charge in [-0.3, -0.25) is 0 Å². The number of anilines is 4. The zero-order valence-electron chi connectivity index (χ0n) is 40.2. The van der Waals surface area contributed by atoms with Gasteiger partial charge in [-0.15, -0.1) is 0 Å². The van der Waals surface area contributed by atoms with E-state index in [0.717, 1.165) is 0 Å². The fourth-order valence-electron chi connectivity index (χ4n) is 8.48. The van der Waals surface area contributed by atoms with Crippen molar-refractivity contribution < 1.29 is 0 Å². The van der Waals surface area contributed by atoms with E-state index >= 15 is 0 Å². The van der Waals surface area contributed by atoms with Gasteiger partial charge in [0.05, 0.1) is 0 Å². The fraction of sp³-hybridized carbons (Fsp3) is 0.462. The summed E-state index contributed by atoms with van der Waals surface area (Å²) in [6.45, 7) is 36.5. The minimum atomic E-state index is 0. The van der Waals surface area contributed by atoms with Gasteiger partial charge in [-0.05, 0) is 91.9 Å². The summed E-state index contributed by atoms with van der Waals surface area (Å²) >= 11 is 0. The van der Waals surface area contributed by atoms with Gasteiger partial charge >= 0.3 is 50.3 Å². The van der Waals surface area contributed by atoms with E-state index in [0.29, 0.717) is 47.3 Å². The zero-order valence-corrected chi connectivity index (χ0v) is 46.1. The summed E-state index contributed by atoms with van der Waals surface area (Å²) in [6.07, 6.45) is 8.87. The van der Waals surface area contributed by atoms with Crippen LogP contribution in [0.15, 0.2) is 97.6 Å². The number of benzene rings is 4. The molecule has 0 atom stereocenters. The summed E-state index contributed by atoms with van der Waals surface area (Å²) in [6, 6.07) is 27.0. The van der Waals surface area contributed by atoms with Crippen molar-refractivity contribution in [3.8, 4) is 0 Å². The van der Waals surface area contributed by atoms with Crippen LogP contribution in [-0.2, 0) is 0 Å². The number of hydrogen-bond donors (Lipinski definition) is 0. The molecule has 4 aromatic carbocycles. The minimum absolute atomic E-state index is 0. The Morgan fingerprint density at radius 3 is 0.517 bits per heavy atom. The van der Waals surface area contributed by atoms with Crippen LogP contribution in [0.5, 0.6) is 0 Å². The van der Waals surface area contributed by atoms with E-state index in [9.17, 15) is 0 Å². The molecule has 2 aliphatic rings. The van der Waals surface area contributed by atoms with Crippen LogP contribution >= 0.6 is 0 Å². The quantitative estimate of drug-likeness (QED) is 0.131. The van der Waals surface area contributed by atoms with Gasteiger partial charge in [0, 0.05) is 47.5 Å². The number of nitrogens with zero attached hydrogens (tertiary/aromatic N) is 4. The molecule has 2 heterocycles. The van der Waals surface area contributed by atoms with Crippen LogP contribution in [0, 0.1) is 0 Å². The molecule has 0 unspecified atom stereocenters. The van der Waals surface area contributed by atoms with Crippen LogP contribution in [0.3, 0.4) is 0 Å². The van der Waals surface area contributed by atoms with E-state index in [2.05, 4.69) is 243 Å². The molecule has 6 radical (unpaired) electrons. The molecule has 2 aliphatic heterocycles. The average Bonchev–Trinajstić information content (AvgIpc) is 3.87. The monoisotopic (exact) mass is 926 g/mol. The van der Waals surface area contributed by atoms with Gasteiger partial charge in [0.15, 0.2) is 0 Å². The van der Waals surface area contributed by atoms with Crippen LogP contribution in [0.1, 0.15) is 203 Å². The van der Waals surface area contributed by atoms with Crippen LogP contribution in [0.2, 0.25) is 0 Å². The first kappa shape index (κ1) is 51.1. The molecule has 4 aromatic rings. The molecule has 0 aromatic heterocycles. The van der Waals surface area contributed by atoms with Crippen molar-refractivity contribution in [1.29, 1.82) is 0 Å². The molecule has 0 spiro atoms. The normalized spacial score (nSPS) is 13.6. The second-order valence-corrected chi connectivity index (χ2v) is 18.8. The first-order valence-electron chi connectivity index (χ1n) is 22.1. The fourth-order valence-corrected chi connectivity index (χ4v) is 8.48. The standard InChI is InChI=1S/2C26H36BN2.2GeH2/c2*1-17(2)21-11-9-12-22(18(3)4)25(21)28-15-16-29(27-28)26-23(19(5)6)13-10-14-24(26)20(7)8;;/h2*9-20H,1-8H3;2*1H2. The summed E-state index contributed by atoms with van der Waals surface area (Å²) in [5, 5.41) is 0. The third kappa shape index (κ3) is 11.2. The van der Waals surface area contributed by atoms with Crippen molar-refractivity contribution >= 4 is 73.0 Å². The molecule has 0 bridgehead atoms. The van der Waals surface area contributed by atoms with Crippen LogP contribution in [-0.4, -0.2) is 50.3 Å². The second-order valence-electron chi connectivity index (χ2n) is 18.8. The van der Waals surface area contributed by atoms with E-state index in [1.165, 1.54) is 67.3 Å². The van der Waals surface area contributed by atoms with Crippen LogP contribution in [0.25, 0.3) is 0 Å². The molecule has 0 amide bonds. The van der Waals surface area contributed by atoms with Gasteiger partial charge in [0.2, 0.25) is 0 Å². The summed E-state index contributed by atoms with van der Waals surface area (Å²) in [4.78, 5) is 9.30. The predicted molar refractivity (Wildman–Crippen MR) is 275 cm³/mol. The van der Waals surface area contributed by atoms with Crippen molar-refractivity contribution in [2.24, 2.45) is 0 Å². The Balaban J connectivity index is 0.000000310. The predicted octanol–water partition coefficient (Wildman–Crippen LogP) is 13.2. The van der Waals surface area contributed by atoms with Gasteiger partial charge in [-0.1, -0.05) is 184 Å². The van der Waals surface area contributed by atoms with Crippen LogP contribution < -0.4 is 19.2 Å². The molecule has 0 aliphatic carbocycles. The van der Waals surface area contributed by atoms with Gasteiger partial charge in [-0.25, -0.2) is 0 Å². The third-order valence-corrected chi connectivity index (χ3v) is 11.7. The van der Waals surface area contributed by atoms with E-state index in [1.54, 1.807) is 0 Å². The number of para-hydroxylation sites is 4. The summed E-state index contributed by atoms with van der Waals surface area (Å²) in [7, 11) is 4.53. The van der Waals surface area contributed by atoms with Crippen molar-refractivity contribution in [3.05, 3.63) is 142 Å². The summed E-state index contributed by atoms with van der Waals surface area (Å²) < 4.78 is 0. The molecule has 318 valence electrons.